The average Bonchev–Trinajstić information content (AvgIpc) is 2.15. The van der Waals surface area contributed by atoms with Gasteiger partial charge in [0.05, 0.1) is 10.6 Å². The van der Waals surface area contributed by atoms with Crippen molar-refractivity contribution in [2.75, 3.05) is 7.05 Å². The predicted molar refractivity (Wildman–Crippen MR) is 53.1 cm³/mol. The molecule has 0 unspecified atom stereocenters. The molecule has 0 aromatic carbocycles. The zero-order valence-electron chi connectivity index (χ0n) is 8.44. The van der Waals surface area contributed by atoms with E-state index < -0.39 is 4.92 Å². The van der Waals surface area contributed by atoms with Gasteiger partial charge in [-0.1, -0.05) is 0 Å². The van der Waals surface area contributed by atoms with Gasteiger partial charge in [0, 0.05) is 11.6 Å². The fraction of sp³-hybridized carbons (Fsp3) is 0.444. The molecule has 1 atom stereocenters. The van der Waals surface area contributed by atoms with Gasteiger partial charge in [-0.15, -0.1) is 0 Å². The minimum Gasteiger partial charge on any atom is -0.312 e. The molecule has 0 aliphatic heterocycles. The second-order valence-corrected chi connectivity index (χ2v) is 3.16. The maximum absolute atomic E-state index is 10.5. The minimum atomic E-state index is -0.420. The quantitative estimate of drug-likeness (QED) is 0.587. The van der Waals surface area contributed by atoms with Gasteiger partial charge in [0.15, 0.2) is 0 Å². The van der Waals surface area contributed by atoms with Crippen LogP contribution in [-0.2, 0) is 0 Å². The Labute approximate surface area is 82.3 Å². The van der Waals surface area contributed by atoms with Crippen LogP contribution in [0.2, 0.25) is 0 Å². The molecule has 1 rings (SSSR count). The third-order valence-corrected chi connectivity index (χ3v) is 2.18. The van der Waals surface area contributed by atoms with Crippen LogP contribution >= 0.6 is 0 Å². The van der Waals surface area contributed by atoms with Crippen LogP contribution < -0.4 is 5.32 Å². The number of aromatic nitrogens is 1. The van der Waals surface area contributed by atoms with Crippen LogP contribution in [0.15, 0.2) is 12.3 Å². The summed E-state index contributed by atoms with van der Waals surface area (Å²) in [5.74, 6) is 0. The molecule has 1 N–H and O–H groups in total. The Bertz CT molecular complexity index is 352. The van der Waals surface area contributed by atoms with Crippen LogP contribution in [0, 0.1) is 17.0 Å². The van der Waals surface area contributed by atoms with Crippen LogP contribution in [0.4, 0.5) is 5.69 Å². The monoisotopic (exact) mass is 195 g/mol. The molecule has 0 saturated heterocycles. The van der Waals surface area contributed by atoms with Crippen molar-refractivity contribution in [3.8, 4) is 0 Å². The zero-order valence-corrected chi connectivity index (χ0v) is 8.44. The van der Waals surface area contributed by atoms with Crippen LogP contribution in [0.25, 0.3) is 0 Å². The van der Waals surface area contributed by atoms with Crippen molar-refractivity contribution in [1.82, 2.24) is 10.3 Å². The Kier molecular flexibility index (Phi) is 3.14. The highest BCUT2D eigenvalue weighted by Gasteiger charge is 2.13. The van der Waals surface area contributed by atoms with Gasteiger partial charge in [-0.05, 0) is 27.0 Å². The summed E-state index contributed by atoms with van der Waals surface area (Å²) >= 11 is 0. The minimum absolute atomic E-state index is 0.0667. The maximum atomic E-state index is 10.5. The Hall–Kier alpha value is -1.49. The molecule has 5 nitrogen and oxygen atoms in total. The molecule has 0 radical (unpaired) electrons. The third-order valence-electron chi connectivity index (χ3n) is 2.18. The molecule has 14 heavy (non-hydrogen) atoms. The molecule has 0 spiro atoms. The van der Waals surface area contributed by atoms with Crippen molar-refractivity contribution >= 4 is 5.69 Å². The number of nitrogens with one attached hydrogen (secondary N) is 1. The van der Waals surface area contributed by atoms with E-state index in [1.165, 1.54) is 6.20 Å². The summed E-state index contributed by atoms with van der Waals surface area (Å²) < 4.78 is 0. The van der Waals surface area contributed by atoms with Crippen LogP contribution in [-0.4, -0.2) is 17.0 Å². The summed E-state index contributed by atoms with van der Waals surface area (Å²) in [6.07, 6.45) is 1.30. The lowest BCUT2D eigenvalue weighted by Gasteiger charge is -2.09. The molecular weight excluding hydrogens is 182 g/mol. The zero-order chi connectivity index (χ0) is 10.7. The lowest BCUT2D eigenvalue weighted by Crippen LogP contribution is -2.14. The van der Waals surface area contributed by atoms with E-state index >= 15 is 0 Å². The SMILES string of the molecule is CN[C@H](C)c1cc(C)c([N+](=O)[O-])cn1. The first-order valence-corrected chi connectivity index (χ1v) is 4.34. The molecule has 0 bridgehead atoms. The van der Waals surface area contributed by atoms with Gasteiger partial charge >= 0.3 is 0 Å². The van der Waals surface area contributed by atoms with Gasteiger partial charge < -0.3 is 5.32 Å². The fourth-order valence-corrected chi connectivity index (χ4v) is 1.15. The molecule has 0 fully saturated rings. The van der Waals surface area contributed by atoms with Gasteiger partial charge in [-0.2, -0.15) is 0 Å². The number of hydrogen-bond donors (Lipinski definition) is 1. The van der Waals surface area contributed by atoms with E-state index in [0.717, 1.165) is 5.69 Å². The van der Waals surface area contributed by atoms with Crippen molar-refractivity contribution in [3.63, 3.8) is 0 Å². The largest absolute Gasteiger partial charge is 0.312 e. The van der Waals surface area contributed by atoms with E-state index in [9.17, 15) is 10.1 Å². The van der Waals surface area contributed by atoms with Gasteiger partial charge in [0.25, 0.3) is 5.69 Å². The summed E-state index contributed by atoms with van der Waals surface area (Å²) in [5.41, 5.74) is 1.52. The van der Waals surface area contributed by atoms with E-state index in [4.69, 9.17) is 0 Å². The number of aryl methyl sites for hydroxylation is 1. The van der Waals surface area contributed by atoms with Gasteiger partial charge in [-0.3, -0.25) is 15.1 Å². The number of rotatable bonds is 3. The topological polar surface area (TPSA) is 68.1 Å². The summed E-state index contributed by atoms with van der Waals surface area (Å²) in [4.78, 5) is 14.1. The van der Waals surface area contributed by atoms with E-state index in [0.29, 0.717) is 5.56 Å². The first-order valence-electron chi connectivity index (χ1n) is 4.34. The smallest absolute Gasteiger partial charge is 0.290 e. The Balaban J connectivity index is 3.06. The molecule has 0 aliphatic carbocycles. The van der Waals surface area contributed by atoms with Crippen LogP contribution in [0.5, 0.6) is 0 Å². The summed E-state index contributed by atoms with van der Waals surface area (Å²) in [6.45, 7) is 3.67. The molecular formula is C9H13N3O2. The molecule has 5 heteroatoms. The third kappa shape index (κ3) is 2.05. The lowest BCUT2D eigenvalue weighted by atomic mass is 10.1. The molecule has 0 saturated carbocycles. The van der Waals surface area contributed by atoms with E-state index in [1.807, 2.05) is 14.0 Å². The predicted octanol–water partition coefficient (Wildman–Crippen LogP) is 1.58. The second kappa shape index (κ2) is 4.15. The molecule has 0 aliphatic rings. The molecule has 1 aromatic rings. The van der Waals surface area contributed by atoms with Crippen molar-refractivity contribution in [1.29, 1.82) is 0 Å². The van der Waals surface area contributed by atoms with Gasteiger partial charge in [-0.25, -0.2) is 0 Å². The first kappa shape index (κ1) is 10.6. The second-order valence-electron chi connectivity index (χ2n) is 3.16. The molecule has 1 heterocycles. The van der Waals surface area contributed by atoms with E-state index in [-0.39, 0.29) is 11.7 Å². The van der Waals surface area contributed by atoms with Gasteiger partial charge in [0.1, 0.15) is 6.20 Å². The van der Waals surface area contributed by atoms with Crippen LogP contribution in [0.1, 0.15) is 24.2 Å². The van der Waals surface area contributed by atoms with Crippen molar-refractivity contribution in [3.05, 3.63) is 33.6 Å². The number of pyridine rings is 1. The lowest BCUT2D eigenvalue weighted by molar-refractivity contribution is -0.385. The highest BCUT2D eigenvalue weighted by atomic mass is 16.6. The Morgan fingerprint density at radius 2 is 2.29 bits per heavy atom. The number of hydrogen-bond acceptors (Lipinski definition) is 4. The number of nitrogens with zero attached hydrogens (tertiary/aromatic N) is 2. The highest BCUT2D eigenvalue weighted by molar-refractivity contribution is 5.37. The maximum Gasteiger partial charge on any atom is 0.290 e. The Morgan fingerprint density at radius 3 is 2.71 bits per heavy atom. The Morgan fingerprint density at radius 1 is 1.64 bits per heavy atom. The van der Waals surface area contributed by atoms with Crippen molar-refractivity contribution < 1.29 is 4.92 Å². The van der Waals surface area contributed by atoms with Crippen molar-refractivity contribution in [2.45, 2.75) is 19.9 Å². The molecule has 76 valence electrons. The van der Waals surface area contributed by atoms with E-state index in [2.05, 4.69) is 10.3 Å². The summed E-state index contributed by atoms with van der Waals surface area (Å²) in [5, 5.41) is 13.5. The molecule has 1 aromatic heterocycles. The standard InChI is InChI=1S/C9H13N3O2/c1-6-4-8(7(2)10-3)11-5-9(6)12(13)14/h4-5,7,10H,1-3H3/t7-/m1/s1. The normalized spacial score (nSPS) is 12.5. The van der Waals surface area contributed by atoms with E-state index in [1.54, 1.807) is 13.0 Å². The molecule has 0 amide bonds. The summed E-state index contributed by atoms with van der Waals surface area (Å²) in [7, 11) is 1.82. The average molecular weight is 195 g/mol. The highest BCUT2D eigenvalue weighted by Crippen LogP contribution is 2.19. The first-order chi connectivity index (χ1) is 6.56. The van der Waals surface area contributed by atoms with Crippen LogP contribution in [0.3, 0.4) is 0 Å². The van der Waals surface area contributed by atoms with Gasteiger partial charge in [0.2, 0.25) is 0 Å². The fourth-order valence-electron chi connectivity index (χ4n) is 1.15. The number of nitro groups is 1. The summed E-state index contributed by atoms with van der Waals surface area (Å²) in [6, 6.07) is 1.84. The van der Waals surface area contributed by atoms with Crippen molar-refractivity contribution in [2.24, 2.45) is 0 Å².